The molecule has 1 aromatic rings. The van der Waals surface area contributed by atoms with E-state index in [0.29, 0.717) is 25.4 Å². The molecule has 0 aliphatic rings. The van der Waals surface area contributed by atoms with Crippen LogP contribution >= 0.6 is 0 Å². The number of Topliss-reactive ketones (excluding diaryl/α,β-unsaturated/α-hetero) is 1. The summed E-state index contributed by atoms with van der Waals surface area (Å²) < 4.78 is 0. The van der Waals surface area contributed by atoms with Crippen LogP contribution in [0.1, 0.15) is 36.2 Å². The molecule has 1 rings (SSSR count). The van der Waals surface area contributed by atoms with Gasteiger partial charge in [0.25, 0.3) is 0 Å². The zero-order valence-electron chi connectivity index (χ0n) is 12.0. The fourth-order valence-corrected chi connectivity index (χ4v) is 1.99. The molecule has 0 spiro atoms. The van der Waals surface area contributed by atoms with Crippen molar-refractivity contribution in [2.24, 2.45) is 5.92 Å². The minimum atomic E-state index is 0.124. The average molecular weight is 258 g/mol. The lowest BCUT2D eigenvalue weighted by molar-refractivity contribution is 0.0924. The van der Waals surface area contributed by atoms with E-state index in [-0.39, 0.29) is 5.78 Å². The number of hydrogen-bond acceptors (Lipinski definition) is 3. The third-order valence-corrected chi connectivity index (χ3v) is 2.90. The van der Waals surface area contributed by atoms with Crippen molar-refractivity contribution in [1.29, 1.82) is 5.26 Å². The van der Waals surface area contributed by atoms with Gasteiger partial charge in [0.1, 0.15) is 0 Å². The normalized spacial score (nSPS) is 10.7. The van der Waals surface area contributed by atoms with E-state index < -0.39 is 0 Å². The minimum Gasteiger partial charge on any atom is -0.295 e. The molecule has 0 saturated carbocycles. The van der Waals surface area contributed by atoms with Crippen LogP contribution in [0.4, 0.5) is 0 Å². The van der Waals surface area contributed by atoms with Crippen molar-refractivity contribution in [2.75, 3.05) is 19.6 Å². The molecular formula is C16H22N2O. The Morgan fingerprint density at radius 2 is 1.95 bits per heavy atom. The van der Waals surface area contributed by atoms with Crippen LogP contribution in [-0.4, -0.2) is 30.3 Å². The van der Waals surface area contributed by atoms with Crippen molar-refractivity contribution < 1.29 is 4.79 Å². The van der Waals surface area contributed by atoms with Crippen molar-refractivity contribution >= 4 is 5.78 Å². The number of benzene rings is 1. The molecule has 0 heterocycles. The number of aryl methyl sites for hydroxylation is 1. The highest BCUT2D eigenvalue weighted by molar-refractivity contribution is 5.97. The third kappa shape index (κ3) is 5.67. The van der Waals surface area contributed by atoms with E-state index in [1.165, 1.54) is 0 Å². The highest BCUT2D eigenvalue weighted by atomic mass is 16.1. The summed E-state index contributed by atoms with van der Waals surface area (Å²) in [5, 5.41) is 8.67. The molecule has 0 aliphatic carbocycles. The molecule has 0 unspecified atom stereocenters. The number of ketones is 1. The molecule has 0 saturated heterocycles. The van der Waals surface area contributed by atoms with Gasteiger partial charge in [-0.15, -0.1) is 0 Å². The van der Waals surface area contributed by atoms with Gasteiger partial charge in [0.05, 0.1) is 12.6 Å². The molecule has 0 aromatic heterocycles. The van der Waals surface area contributed by atoms with Crippen LogP contribution in [0.3, 0.4) is 0 Å². The number of nitriles is 1. The van der Waals surface area contributed by atoms with Crippen LogP contribution in [0.25, 0.3) is 0 Å². The summed E-state index contributed by atoms with van der Waals surface area (Å²) >= 11 is 0. The number of carbonyl (C=O) groups excluding carboxylic acids is 1. The molecule has 0 N–H and O–H groups in total. The lowest BCUT2D eigenvalue weighted by Gasteiger charge is -2.22. The Balaban J connectivity index is 2.64. The van der Waals surface area contributed by atoms with Crippen LogP contribution in [0.5, 0.6) is 0 Å². The second-order valence-corrected chi connectivity index (χ2v) is 5.33. The standard InChI is InChI=1S/C16H22N2O/c1-13(2)11-18(10-4-9-17)12-16(19)15-7-5-14(3)6-8-15/h5-8,13H,4,10-12H2,1-3H3. The molecule has 0 atom stereocenters. The first-order chi connectivity index (χ1) is 9.02. The molecule has 3 heteroatoms. The zero-order chi connectivity index (χ0) is 14.3. The van der Waals surface area contributed by atoms with Crippen LogP contribution in [0, 0.1) is 24.2 Å². The Labute approximate surface area is 115 Å². The summed E-state index contributed by atoms with van der Waals surface area (Å²) in [5.74, 6) is 0.614. The summed E-state index contributed by atoms with van der Waals surface area (Å²) in [7, 11) is 0. The number of nitrogens with zero attached hydrogens (tertiary/aromatic N) is 2. The van der Waals surface area contributed by atoms with Gasteiger partial charge >= 0.3 is 0 Å². The Bertz CT molecular complexity index is 443. The van der Waals surface area contributed by atoms with E-state index >= 15 is 0 Å². The zero-order valence-corrected chi connectivity index (χ0v) is 12.0. The van der Waals surface area contributed by atoms with Gasteiger partial charge in [-0.25, -0.2) is 0 Å². The van der Waals surface area contributed by atoms with Crippen molar-refractivity contribution in [3.8, 4) is 6.07 Å². The Morgan fingerprint density at radius 1 is 1.32 bits per heavy atom. The lowest BCUT2D eigenvalue weighted by Crippen LogP contribution is -2.33. The van der Waals surface area contributed by atoms with Crippen molar-refractivity contribution in [3.05, 3.63) is 35.4 Å². The van der Waals surface area contributed by atoms with E-state index in [9.17, 15) is 4.79 Å². The molecule has 0 radical (unpaired) electrons. The molecule has 1 aromatic carbocycles. The summed E-state index contributed by atoms with van der Waals surface area (Å²) in [6.45, 7) is 8.15. The topological polar surface area (TPSA) is 44.1 Å². The number of hydrogen-bond donors (Lipinski definition) is 0. The molecule has 19 heavy (non-hydrogen) atoms. The van der Waals surface area contributed by atoms with Gasteiger partial charge in [0.15, 0.2) is 5.78 Å². The molecular weight excluding hydrogens is 236 g/mol. The van der Waals surface area contributed by atoms with Gasteiger partial charge in [-0.1, -0.05) is 43.7 Å². The Kier molecular flexibility index (Phi) is 6.24. The van der Waals surface area contributed by atoms with Gasteiger partial charge in [-0.3, -0.25) is 9.69 Å². The Morgan fingerprint density at radius 3 is 2.47 bits per heavy atom. The monoisotopic (exact) mass is 258 g/mol. The van der Waals surface area contributed by atoms with Crippen molar-refractivity contribution in [1.82, 2.24) is 4.90 Å². The fourth-order valence-electron chi connectivity index (χ4n) is 1.99. The van der Waals surface area contributed by atoms with Crippen LogP contribution in [0.15, 0.2) is 24.3 Å². The quantitative estimate of drug-likeness (QED) is 0.706. The second-order valence-electron chi connectivity index (χ2n) is 5.33. The van der Waals surface area contributed by atoms with Gasteiger partial charge in [0.2, 0.25) is 0 Å². The highest BCUT2D eigenvalue weighted by Crippen LogP contribution is 2.07. The van der Waals surface area contributed by atoms with Gasteiger partial charge in [0, 0.05) is 25.1 Å². The Hall–Kier alpha value is -1.66. The smallest absolute Gasteiger partial charge is 0.176 e. The number of rotatable bonds is 7. The molecule has 3 nitrogen and oxygen atoms in total. The first-order valence-electron chi connectivity index (χ1n) is 6.72. The number of carbonyl (C=O) groups is 1. The first-order valence-corrected chi connectivity index (χ1v) is 6.72. The van der Waals surface area contributed by atoms with Crippen molar-refractivity contribution in [3.63, 3.8) is 0 Å². The van der Waals surface area contributed by atoms with E-state index in [1.54, 1.807) is 0 Å². The third-order valence-electron chi connectivity index (χ3n) is 2.90. The van der Waals surface area contributed by atoms with E-state index in [0.717, 1.165) is 17.7 Å². The molecule has 0 fully saturated rings. The predicted molar refractivity (Wildman–Crippen MR) is 77.0 cm³/mol. The molecule has 0 bridgehead atoms. The highest BCUT2D eigenvalue weighted by Gasteiger charge is 2.13. The van der Waals surface area contributed by atoms with Crippen LogP contribution < -0.4 is 0 Å². The average Bonchev–Trinajstić information content (AvgIpc) is 2.36. The SMILES string of the molecule is Cc1ccc(C(=O)CN(CCC#N)CC(C)C)cc1. The summed E-state index contributed by atoms with van der Waals surface area (Å²) in [5.41, 5.74) is 1.90. The maximum Gasteiger partial charge on any atom is 0.176 e. The van der Waals surface area contributed by atoms with E-state index in [2.05, 4.69) is 24.8 Å². The summed E-state index contributed by atoms with van der Waals surface area (Å²) in [6, 6.07) is 9.79. The molecule has 102 valence electrons. The summed E-state index contributed by atoms with van der Waals surface area (Å²) in [6.07, 6.45) is 0.466. The van der Waals surface area contributed by atoms with Crippen LogP contribution in [-0.2, 0) is 0 Å². The van der Waals surface area contributed by atoms with Gasteiger partial charge in [-0.2, -0.15) is 5.26 Å². The van der Waals surface area contributed by atoms with E-state index in [4.69, 9.17) is 5.26 Å². The first kappa shape index (κ1) is 15.4. The molecule has 0 amide bonds. The fraction of sp³-hybridized carbons (Fsp3) is 0.500. The van der Waals surface area contributed by atoms with E-state index in [1.807, 2.05) is 31.2 Å². The second kappa shape index (κ2) is 7.70. The summed E-state index contributed by atoms with van der Waals surface area (Å²) in [4.78, 5) is 14.3. The largest absolute Gasteiger partial charge is 0.295 e. The maximum absolute atomic E-state index is 12.2. The minimum absolute atomic E-state index is 0.124. The maximum atomic E-state index is 12.2. The van der Waals surface area contributed by atoms with Crippen LogP contribution in [0.2, 0.25) is 0 Å². The molecule has 0 aliphatic heterocycles. The van der Waals surface area contributed by atoms with Crippen molar-refractivity contribution in [2.45, 2.75) is 27.2 Å². The van der Waals surface area contributed by atoms with Gasteiger partial charge in [-0.05, 0) is 12.8 Å². The van der Waals surface area contributed by atoms with Gasteiger partial charge < -0.3 is 0 Å². The lowest BCUT2D eigenvalue weighted by atomic mass is 10.1. The predicted octanol–water partition coefficient (Wildman–Crippen LogP) is 3.05.